The fourth-order valence-corrected chi connectivity index (χ4v) is 1.67. The second kappa shape index (κ2) is 2.48. The van der Waals surface area contributed by atoms with E-state index in [1.165, 1.54) is 0 Å². The molecule has 3 heteroatoms. The predicted octanol–water partition coefficient (Wildman–Crippen LogP) is 0.868. The van der Waals surface area contributed by atoms with E-state index in [1.54, 1.807) is 0 Å². The van der Waals surface area contributed by atoms with Gasteiger partial charge in [-0.2, -0.15) is 0 Å². The fraction of sp³-hybridized carbons (Fsp3) is 0.875. The Morgan fingerprint density at radius 3 is 2.09 bits per heavy atom. The summed E-state index contributed by atoms with van der Waals surface area (Å²) >= 11 is 0. The quantitative estimate of drug-likeness (QED) is 0.627. The molecular weight excluding hydrogens is 144 g/mol. The van der Waals surface area contributed by atoms with E-state index in [0.29, 0.717) is 12.8 Å². The van der Waals surface area contributed by atoms with Gasteiger partial charge in [0.05, 0.1) is 11.5 Å². The average Bonchev–Trinajstić information content (AvgIpc) is 1.78. The van der Waals surface area contributed by atoms with Crippen LogP contribution in [0.3, 0.4) is 0 Å². The molecule has 1 aliphatic carbocycles. The largest absolute Gasteiger partial charge is 0.481 e. The summed E-state index contributed by atoms with van der Waals surface area (Å²) in [5.41, 5.74) is -0.639. The number of aliphatic hydroxyl groups is 1. The van der Waals surface area contributed by atoms with Crippen LogP contribution in [0.4, 0.5) is 0 Å². The molecule has 64 valence electrons. The lowest BCUT2D eigenvalue weighted by atomic mass is 9.60. The zero-order valence-corrected chi connectivity index (χ0v) is 6.87. The maximum absolute atomic E-state index is 10.8. The fourth-order valence-electron chi connectivity index (χ4n) is 1.67. The first-order valence-electron chi connectivity index (χ1n) is 3.90. The summed E-state index contributed by atoms with van der Waals surface area (Å²) in [5, 5.41) is 17.9. The molecule has 1 fully saturated rings. The molecule has 1 rings (SSSR count). The molecule has 0 saturated heterocycles. The van der Waals surface area contributed by atoms with Crippen LogP contribution in [0.15, 0.2) is 0 Å². The van der Waals surface area contributed by atoms with Crippen molar-refractivity contribution in [3.8, 4) is 0 Å². The monoisotopic (exact) mass is 158 g/mol. The highest BCUT2D eigenvalue weighted by Gasteiger charge is 2.51. The van der Waals surface area contributed by atoms with Crippen molar-refractivity contribution in [2.75, 3.05) is 0 Å². The summed E-state index contributed by atoms with van der Waals surface area (Å²) in [6.07, 6.45) is 0.438. The maximum atomic E-state index is 10.8. The van der Waals surface area contributed by atoms with Gasteiger partial charge in [0.25, 0.3) is 0 Å². The lowest BCUT2D eigenvalue weighted by Crippen LogP contribution is -2.50. The Bertz CT molecular complexity index is 168. The summed E-state index contributed by atoms with van der Waals surface area (Å²) in [7, 11) is 0. The van der Waals surface area contributed by atoms with Crippen LogP contribution in [-0.2, 0) is 4.79 Å². The zero-order chi connectivity index (χ0) is 8.65. The van der Waals surface area contributed by atoms with Crippen molar-refractivity contribution < 1.29 is 15.0 Å². The second-order valence-electron chi connectivity index (χ2n) is 3.68. The third-order valence-corrected chi connectivity index (χ3v) is 2.73. The van der Waals surface area contributed by atoms with Gasteiger partial charge in [-0.15, -0.1) is 0 Å². The Hall–Kier alpha value is -0.570. The highest BCUT2D eigenvalue weighted by molar-refractivity contribution is 5.76. The molecule has 0 unspecified atom stereocenters. The van der Waals surface area contributed by atoms with Crippen molar-refractivity contribution >= 4 is 5.97 Å². The normalized spacial score (nSPS) is 36.9. The molecule has 1 aliphatic rings. The van der Waals surface area contributed by atoms with Gasteiger partial charge in [-0.05, 0) is 18.8 Å². The third-order valence-electron chi connectivity index (χ3n) is 2.73. The summed E-state index contributed by atoms with van der Waals surface area (Å²) in [4.78, 5) is 10.8. The summed E-state index contributed by atoms with van der Waals surface area (Å²) < 4.78 is 0. The topological polar surface area (TPSA) is 57.5 Å². The number of carboxylic acid groups (broad SMARTS) is 1. The van der Waals surface area contributed by atoms with Crippen LogP contribution in [0, 0.1) is 11.3 Å². The predicted molar refractivity (Wildman–Crippen MR) is 40.1 cm³/mol. The highest BCUT2D eigenvalue weighted by Crippen LogP contribution is 2.47. The van der Waals surface area contributed by atoms with Gasteiger partial charge in [0, 0.05) is 0 Å². The van der Waals surface area contributed by atoms with E-state index in [0.717, 1.165) is 0 Å². The van der Waals surface area contributed by atoms with E-state index in [4.69, 9.17) is 10.2 Å². The molecule has 0 amide bonds. The minimum Gasteiger partial charge on any atom is -0.481 e. The molecule has 0 aromatic carbocycles. The average molecular weight is 158 g/mol. The van der Waals surface area contributed by atoms with Crippen LogP contribution in [0.25, 0.3) is 0 Å². The Morgan fingerprint density at radius 2 is 2.00 bits per heavy atom. The molecule has 0 aromatic rings. The van der Waals surface area contributed by atoms with Gasteiger partial charge in [-0.3, -0.25) is 4.79 Å². The van der Waals surface area contributed by atoms with Crippen LogP contribution in [0.5, 0.6) is 0 Å². The SMILES string of the molecule is CC(C)C1(C(=O)O)CC(O)C1. The van der Waals surface area contributed by atoms with Gasteiger partial charge in [0.2, 0.25) is 0 Å². The Kier molecular flexibility index (Phi) is 1.92. The highest BCUT2D eigenvalue weighted by atomic mass is 16.4. The van der Waals surface area contributed by atoms with E-state index in [-0.39, 0.29) is 5.92 Å². The number of aliphatic hydroxyl groups excluding tert-OH is 1. The van der Waals surface area contributed by atoms with Crippen molar-refractivity contribution in [3.63, 3.8) is 0 Å². The van der Waals surface area contributed by atoms with E-state index in [1.807, 2.05) is 13.8 Å². The molecule has 3 nitrogen and oxygen atoms in total. The van der Waals surface area contributed by atoms with Gasteiger partial charge >= 0.3 is 5.97 Å². The van der Waals surface area contributed by atoms with Crippen LogP contribution >= 0.6 is 0 Å². The Balaban J connectivity index is 2.69. The first kappa shape index (κ1) is 8.53. The lowest BCUT2D eigenvalue weighted by Gasteiger charge is -2.44. The van der Waals surface area contributed by atoms with Gasteiger partial charge in [-0.25, -0.2) is 0 Å². The minimum absolute atomic E-state index is 0.114. The third kappa shape index (κ3) is 1.13. The number of hydrogen-bond acceptors (Lipinski definition) is 2. The number of carboxylic acids is 1. The molecule has 0 spiro atoms. The molecule has 0 aromatic heterocycles. The van der Waals surface area contributed by atoms with Crippen LogP contribution in [0.1, 0.15) is 26.7 Å². The number of carbonyl (C=O) groups is 1. The molecule has 0 bridgehead atoms. The van der Waals surface area contributed by atoms with Crippen LogP contribution in [-0.4, -0.2) is 22.3 Å². The summed E-state index contributed by atoms with van der Waals surface area (Å²) in [6, 6.07) is 0. The first-order valence-corrected chi connectivity index (χ1v) is 3.90. The molecule has 0 atom stereocenters. The van der Waals surface area contributed by atoms with Crippen molar-refractivity contribution in [2.45, 2.75) is 32.8 Å². The van der Waals surface area contributed by atoms with E-state index >= 15 is 0 Å². The molecule has 0 aliphatic heterocycles. The second-order valence-corrected chi connectivity index (χ2v) is 3.68. The van der Waals surface area contributed by atoms with Crippen molar-refractivity contribution in [1.29, 1.82) is 0 Å². The van der Waals surface area contributed by atoms with Gasteiger partial charge in [-0.1, -0.05) is 13.8 Å². The van der Waals surface area contributed by atoms with E-state index < -0.39 is 17.5 Å². The minimum atomic E-state index is -0.766. The smallest absolute Gasteiger partial charge is 0.310 e. The Morgan fingerprint density at radius 1 is 1.55 bits per heavy atom. The van der Waals surface area contributed by atoms with E-state index in [9.17, 15) is 4.79 Å². The van der Waals surface area contributed by atoms with Crippen molar-refractivity contribution in [3.05, 3.63) is 0 Å². The maximum Gasteiger partial charge on any atom is 0.310 e. The lowest BCUT2D eigenvalue weighted by molar-refractivity contribution is -0.169. The Labute approximate surface area is 66.0 Å². The van der Waals surface area contributed by atoms with Crippen LogP contribution < -0.4 is 0 Å². The van der Waals surface area contributed by atoms with Crippen molar-refractivity contribution in [1.82, 2.24) is 0 Å². The number of rotatable bonds is 2. The molecule has 0 heterocycles. The van der Waals surface area contributed by atoms with Crippen LogP contribution in [0.2, 0.25) is 0 Å². The summed E-state index contributed by atoms with van der Waals surface area (Å²) in [6.45, 7) is 3.78. The molecule has 11 heavy (non-hydrogen) atoms. The number of aliphatic carboxylic acids is 1. The molecule has 0 radical (unpaired) electrons. The van der Waals surface area contributed by atoms with Gasteiger partial charge < -0.3 is 10.2 Å². The number of hydrogen-bond donors (Lipinski definition) is 2. The van der Waals surface area contributed by atoms with E-state index in [2.05, 4.69) is 0 Å². The zero-order valence-electron chi connectivity index (χ0n) is 6.87. The molecular formula is C8H14O3. The molecule has 2 N–H and O–H groups in total. The van der Waals surface area contributed by atoms with Crippen molar-refractivity contribution in [2.24, 2.45) is 11.3 Å². The first-order chi connectivity index (χ1) is 4.99. The van der Waals surface area contributed by atoms with Gasteiger partial charge in [0.15, 0.2) is 0 Å². The molecule has 1 saturated carbocycles. The van der Waals surface area contributed by atoms with Gasteiger partial charge in [0.1, 0.15) is 0 Å². The summed E-state index contributed by atoms with van der Waals surface area (Å²) in [5.74, 6) is -0.652. The standard InChI is InChI=1S/C8H14O3/c1-5(2)8(7(10)11)3-6(9)4-8/h5-6,9H,3-4H2,1-2H3,(H,10,11).